The topological polar surface area (TPSA) is 98.9 Å². The van der Waals surface area contributed by atoms with Gasteiger partial charge in [-0.3, -0.25) is 4.79 Å². The standard InChI is InChI=1S/C12H13NO5/c1-17-9-4-2-8(3-5-9)7-18-11(13)6-10(14)12(15)16/h2-6H,7,13H2,1H3,(H,15,16)/b11-6+. The van der Waals surface area contributed by atoms with Crippen molar-refractivity contribution in [2.75, 3.05) is 7.11 Å². The van der Waals surface area contributed by atoms with Crippen molar-refractivity contribution in [2.45, 2.75) is 6.61 Å². The number of carbonyl (C=O) groups is 2. The first-order valence-corrected chi connectivity index (χ1v) is 5.03. The lowest BCUT2D eigenvalue weighted by Gasteiger charge is -2.06. The SMILES string of the molecule is COc1ccc(CO/C(N)=C/C(=O)C(=O)O)cc1. The predicted molar refractivity (Wildman–Crippen MR) is 62.7 cm³/mol. The summed E-state index contributed by atoms with van der Waals surface area (Å²) >= 11 is 0. The molecule has 0 aliphatic heterocycles. The highest BCUT2D eigenvalue weighted by molar-refractivity contribution is 6.37. The summed E-state index contributed by atoms with van der Waals surface area (Å²) in [7, 11) is 1.56. The van der Waals surface area contributed by atoms with Crippen molar-refractivity contribution in [3.05, 3.63) is 41.8 Å². The lowest BCUT2D eigenvalue weighted by Crippen LogP contribution is -2.13. The molecular formula is C12H13NO5. The fraction of sp³-hybridized carbons (Fsp3) is 0.167. The number of hydrogen-bond donors (Lipinski definition) is 2. The maximum absolute atomic E-state index is 10.8. The van der Waals surface area contributed by atoms with Crippen LogP contribution in [0.5, 0.6) is 5.75 Å². The molecule has 1 aromatic rings. The summed E-state index contributed by atoms with van der Waals surface area (Å²) < 4.78 is 10.0. The highest BCUT2D eigenvalue weighted by Crippen LogP contribution is 2.12. The first-order valence-electron chi connectivity index (χ1n) is 5.03. The van der Waals surface area contributed by atoms with Gasteiger partial charge in [-0.1, -0.05) is 12.1 Å². The van der Waals surface area contributed by atoms with E-state index in [-0.39, 0.29) is 12.5 Å². The number of ketones is 1. The maximum atomic E-state index is 10.8. The molecule has 0 aliphatic carbocycles. The molecule has 0 saturated carbocycles. The zero-order valence-electron chi connectivity index (χ0n) is 9.75. The van der Waals surface area contributed by atoms with Crippen LogP contribution >= 0.6 is 0 Å². The van der Waals surface area contributed by atoms with Crippen LogP contribution < -0.4 is 10.5 Å². The number of hydrogen-bond acceptors (Lipinski definition) is 5. The molecule has 0 unspecified atom stereocenters. The Morgan fingerprint density at radius 3 is 2.44 bits per heavy atom. The molecule has 0 radical (unpaired) electrons. The van der Waals surface area contributed by atoms with Gasteiger partial charge in [-0.15, -0.1) is 0 Å². The molecule has 0 bridgehead atoms. The van der Waals surface area contributed by atoms with Gasteiger partial charge in [0.05, 0.1) is 13.2 Å². The smallest absolute Gasteiger partial charge is 0.376 e. The van der Waals surface area contributed by atoms with E-state index < -0.39 is 11.8 Å². The van der Waals surface area contributed by atoms with Crippen molar-refractivity contribution in [3.63, 3.8) is 0 Å². The van der Waals surface area contributed by atoms with Crippen LogP contribution in [0, 0.1) is 0 Å². The van der Waals surface area contributed by atoms with Gasteiger partial charge < -0.3 is 20.3 Å². The number of aliphatic carboxylic acids is 1. The molecule has 0 saturated heterocycles. The third kappa shape index (κ3) is 4.17. The molecule has 18 heavy (non-hydrogen) atoms. The van der Waals surface area contributed by atoms with Gasteiger partial charge in [0.25, 0.3) is 5.78 Å². The summed E-state index contributed by atoms with van der Waals surface area (Å²) in [6.07, 6.45) is 0.728. The van der Waals surface area contributed by atoms with Crippen LogP contribution in [-0.4, -0.2) is 24.0 Å². The zero-order valence-corrected chi connectivity index (χ0v) is 9.75. The molecule has 0 amide bonds. The number of benzene rings is 1. The van der Waals surface area contributed by atoms with Crippen molar-refractivity contribution in [1.29, 1.82) is 0 Å². The predicted octanol–water partition coefficient (Wildman–Crippen LogP) is 0.666. The minimum atomic E-state index is -1.58. The van der Waals surface area contributed by atoms with Gasteiger partial charge in [0.15, 0.2) is 5.88 Å². The number of methoxy groups -OCH3 is 1. The number of carboxylic acids is 1. The fourth-order valence-corrected chi connectivity index (χ4v) is 1.12. The van der Waals surface area contributed by atoms with E-state index in [0.717, 1.165) is 11.6 Å². The van der Waals surface area contributed by atoms with Crippen molar-refractivity contribution < 1.29 is 24.2 Å². The normalized spacial score (nSPS) is 10.8. The second-order valence-electron chi connectivity index (χ2n) is 3.35. The number of rotatable bonds is 6. The van der Waals surface area contributed by atoms with Gasteiger partial charge >= 0.3 is 5.97 Å². The summed E-state index contributed by atoms with van der Waals surface area (Å²) in [5.74, 6) is -2.23. The van der Waals surface area contributed by atoms with Crippen molar-refractivity contribution >= 4 is 11.8 Å². The Morgan fingerprint density at radius 1 is 1.33 bits per heavy atom. The van der Waals surface area contributed by atoms with E-state index >= 15 is 0 Å². The fourth-order valence-electron chi connectivity index (χ4n) is 1.12. The summed E-state index contributed by atoms with van der Waals surface area (Å²) in [6.45, 7) is 0.138. The van der Waals surface area contributed by atoms with Crippen LogP contribution in [0.4, 0.5) is 0 Å². The molecule has 3 N–H and O–H groups in total. The van der Waals surface area contributed by atoms with Gasteiger partial charge in [0, 0.05) is 0 Å². The monoisotopic (exact) mass is 251 g/mol. The van der Waals surface area contributed by atoms with Crippen LogP contribution in [0.3, 0.4) is 0 Å². The summed E-state index contributed by atoms with van der Waals surface area (Å²) in [6, 6.07) is 7.04. The molecule has 96 valence electrons. The van der Waals surface area contributed by atoms with E-state index in [4.69, 9.17) is 20.3 Å². The Morgan fingerprint density at radius 2 is 1.94 bits per heavy atom. The number of ether oxygens (including phenoxy) is 2. The first-order chi connectivity index (χ1) is 8.52. The van der Waals surface area contributed by atoms with Gasteiger partial charge in [0.1, 0.15) is 12.4 Å². The molecule has 6 heteroatoms. The molecule has 0 spiro atoms. The van der Waals surface area contributed by atoms with E-state index in [1.165, 1.54) is 0 Å². The second-order valence-corrected chi connectivity index (χ2v) is 3.35. The van der Waals surface area contributed by atoms with E-state index in [9.17, 15) is 9.59 Å². The van der Waals surface area contributed by atoms with Crippen LogP contribution in [0.1, 0.15) is 5.56 Å². The molecule has 0 fully saturated rings. The molecule has 1 rings (SSSR count). The van der Waals surface area contributed by atoms with Crippen molar-refractivity contribution in [1.82, 2.24) is 0 Å². The van der Waals surface area contributed by atoms with E-state index in [0.29, 0.717) is 5.75 Å². The molecule has 0 aromatic heterocycles. The summed E-state index contributed by atoms with van der Waals surface area (Å²) in [5.41, 5.74) is 6.16. The molecule has 0 heterocycles. The van der Waals surface area contributed by atoms with E-state index in [2.05, 4.69) is 0 Å². The van der Waals surface area contributed by atoms with Crippen molar-refractivity contribution in [3.8, 4) is 5.75 Å². The molecule has 0 atom stereocenters. The Bertz CT molecular complexity index is 464. The van der Waals surface area contributed by atoms with Gasteiger partial charge in [-0.25, -0.2) is 4.79 Å². The quantitative estimate of drug-likeness (QED) is 0.438. The van der Waals surface area contributed by atoms with Crippen LogP contribution in [0.25, 0.3) is 0 Å². The third-order valence-electron chi connectivity index (χ3n) is 2.05. The van der Waals surface area contributed by atoms with Crippen LogP contribution in [0.2, 0.25) is 0 Å². The Balaban J connectivity index is 2.54. The summed E-state index contributed by atoms with van der Waals surface area (Å²) in [5, 5.41) is 8.35. The number of carbonyl (C=O) groups excluding carboxylic acids is 1. The zero-order chi connectivity index (χ0) is 13.5. The van der Waals surface area contributed by atoms with Gasteiger partial charge in [-0.05, 0) is 17.7 Å². The van der Waals surface area contributed by atoms with E-state index in [1.54, 1.807) is 31.4 Å². The van der Waals surface area contributed by atoms with Crippen molar-refractivity contribution in [2.24, 2.45) is 5.73 Å². The highest BCUT2D eigenvalue weighted by Gasteiger charge is 2.08. The molecule has 0 aliphatic rings. The molecule has 6 nitrogen and oxygen atoms in total. The van der Waals surface area contributed by atoms with Gasteiger partial charge in [-0.2, -0.15) is 0 Å². The second kappa shape index (κ2) is 6.29. The maximum Gasteiger partial charge on any atom is 0.376 e. The Labute approximate surface area is 104 Å². The molecular weight excluding hydrogens is 238 g/mol. The minimum Gasteiger partial charge on any atom is -0.497 e. The lowest BCUT2D eigenvalue weighted by atomic mass is 10.2. The summed E-state index contributed by atoms with van der Waals surface area (Å²) in [4.78, 5) is 21.1. The lowest BCUT2D eigenvalue weighted by molar-refractivity contribution is -0.146. The average Bonchev–Trinajstić information content (AvgIpc) is 2.36. The minimum absolute atomic E-state index is 0.138. The average molecular weight is 251 g/mol. The first kappa shape index (κ1) is 13.6. The Hall–Kier alpha value is -2.50. The van der Waals surface area contributed by atoms with Crippen LogP contribution in [-0.2, 0) is 20.9 Å². The van der Waals surface area contributed by atoms with Crippen LogP contribution in [0.15, 0.2) is 36.2 Å². The highest BCUT2D eigenvalue weighted by atomic mass is 16.5. The van der Waals surface area contributed by atoms with E-state index in [1.807, 2.05) is 0 Å². The molecule has 1 aromatic carbocycles. The number of carboxylic acid groups (broad SMARTS) is 1. The third-order valence-corrected chi connectivity index (χ3v) is 2.05. The largest absolute Gasteiger partial charge is 0.497 e. The number of nitrogens with two attached hydrogens (primary N) is 1. The Kier molecular flexibility index (Phi) is 4.74. The van der Waals surface area contributed by atoms with Gasteiger partial charge in [0.2, 0.25) is 0 Å².